The van der Waals surface area contributed by atoms with Gasteiger partial charge >= 0.3 is 0 Å². The molecule has 144 valence electrons. The molecule has 0 spiro atoms. The fraction of sp³-hybridized carbons (Fsp3) is 0.150. The molecule has 0 aliphatic rings. The van der Waals surface area contributed by atoms with E-state index in [1.54, 1.807) is 32.4 Å². The smallest absolute Gasteiger partial charge is 0.275 e. The summed E-state index contributed by atoms with van der Waals surface area (Å²) < 4.78 is 15.7. The summed E-state index contributed by atoms with van der Waals surface area (Å²) in [6, 6.07) is 12.5. The number of hydrogen-bond donors (Lipinski definition) is 2. The van der Waals surface area contributed by atoms with Crippen molar-refractivity contribution >= 4 is 23.1 Å². The molecule has 0 aliphatic carbocycles. The summed E-state index contributed by atoms with van der Waals surface area (Å²) in [4.78, 5) is 20.8. The molecule has 2 N–H and O–H groups in total. The third-order valence-corrected chi connectivity index (χ3v) is 3.90. The maximum absolute atomic E-state index is 12.4. The Balaban J connectivity index is 1.70. The molecular formula is C20H20N4O4. The number of carbonyl (C=O) groups is 1. The zero-order valence-corrected chi connectivity index (χ0v) is 15.7. The maximum Gasteiger partial charge on any atom is 0.275 e. The highest BCUT2D eigenvalue weighted by Crippen LogP contribution is 2.30. The van der Waals surface area contributed by atoms with Crippen LogP contribution in [-0.2, 0) is 0 Å². The predicted molar refractivity (Wildman–Crippen MR) is 106 cm³/mol. The number of methoxy groups -OCH3 is 3. The molecular weight excluding hydrogens is 360 g/mol. The van der Waals surface area contributed by atoms with Crippen LogP contribution >= 0.6 is 0 Å². The SMILES string of the molecule is COc1ccccc1Nc1cnc(C(=O)Nc2ccc(OC)c(OC)c2)cn1. The van der Waals surface area contributed by atoms with Crippen LogP contribution in [0.25, 0.3) is 0 Å². The van der Waals surface area contributed by atoms with Gasteiger partial charge in [0.25, 0.3) is 5.91 Å². The summed E-state index contributed by atoms with van der Waals surface area (Å²) in [5.41, 5.74) is 1.49. The molecule has 0 fully saturated rings. The number of aromatic nitrogens is 2. The minimum Gasteiger partial charge on any atom is -0.495 e. The van der Waals surface area contributed by atoms with Crippen LogP contribution in [0.1, 0.15) is 10.5 Å². The van der Waals surface area contributed by atoms with Crippen molar-refractivity contribution in [1.82, 2.24) is 9.97 Å². The third-order valence-electron chi connectivity index (χ3n) is 3.90. The Kier molecular flexibility index (Phi) is 5.91. The molecule has 0 saturated heterocycles. The molecule has 1 heterocycles. The molecule has 0 radical (unpaired) electrons. The van der Waals surface area contributed by atoms with Gasteiger partial charge in [0.15, 0.2) is 11.5 Å². The number of ether oxygens (including phenoxy) is 3. The summed E-state index contributed by atoms with van der Waals surface area (Å²) >= 11 is 0. The molecule has 28 heavy (non-hydrogen) atoms. The molecule has 0 aliphatic heterocycles. The van der Waals surface area contributed by atoms with Gasteiger partial charge in [-0.3, -0.25) is 4.79 Å². The molecule has 0 bridgehead atoms. The Morgan fingerprint density at radius 2 is 1.61 bits per heavy atom. The Bertz CT molecular complexity index is 961. The lowest BCUT2D eigenvalue weighted by molar-refractivity contribution is 0.102. The van der Waals surface area contributed by atoms with Crippen LogP contribution in [0.5, 0.6) is 17.2 Å². The lowest BCUT2D eigenvalue weighted by Crippen LogP contribution is -2.14. The van der Waals surface area contributed by atoms with Crippen molar-refractivity contribution in [2.75, 3.05) is 32.0 Å². The first-order chi connectivity index (χ1) is 13.6. The van der Waals surface area contributed by atoms with Crippen molar-refractivity contribution in [3.63, 3.8) is 0 Å². The molecule has 2 aromatic carbocycles. The van der Waals surface area contributed by atoms with Gasteiger partial charge in [-0.15, -0.1) is 0 Å². The number of anilines is 3. The summed E-state index contributed by atoms with van der Waals surface area (Å²) in [5, 5.41) is 5.86. The van der Waals surface area contributed by atoms with E-state index in [9.17, 15) is 4.79 Å². The molecule has 1 aromatic heterocycles. The van der Waals surface area contributed by atoms with Crippen LogP contribution in [0.4, 0.5) is 17.2 Å². The lowest BCUT2D eigenvalue weighted by atomic mass is 10.2. The fourth-order valence-corrected chi connectivity index (χ4v) is 2.50. The lowest BCUT2D eigenvalue weighted by Gasteiger charge is -2.11. The van der Waals surface area contributed by atoms with E-state index in [4.69, 9.17) is 14.2 Å². The number of nitrogens with one attached hydrogen (secondary N) is 2. The second kappa shape index (κ2) is 8.72. The minimum absolute atomic E-state index is 0.181. The van der Waals surface area contributed by atoms with E-state index in [1.165, 1.54) is 19.5 Å². The number of para-hydroxylation sites is 2. The van der Waals surface area contributed by atoms with E-state index in [0.29, 0.717) is 28.8 Å². The molecule has 0 atom stereocenters. The fourth-order valence-electron chi connectivity index (χ4n) is 2.50. The van der Waals surface area contributed by atoms with Crippen LogP contribution < -0.4 is 24.8 Å². The molecule has 0 saturated carbocycles. The highest BCUT2D eigenvalue weighted by molar-refractivity contribution is 6.02. The third kappa shape index (κ3) is 4.29. The van der Waals surface area contributed by atoms with Crippen molar-refractivity contribution in [2.45, 2.75) is 0 Å². The highest BCUT2D eigenvalue weighted by Gasteiger charge is 2.11. The van der Waals surface area contributed by atoms with Gasteiger partial charge in [-0.1, -0.05) is 12.1 Å². The molecule has 3 rings (SSSR count). The number of nitrogens with zero attached hydrogens (tertiary/aromatic N) is 2. The van der Waals surface area contributed by atoms with E-state index < -0.39 is 0 Å². The van der Waals surface area contributed by atoms with Crippen molar-refractivity contribution in [1.29, 1.82) is 0 Å². The van der Waals surface area contributed by atoms with Crippen LogP contribution in [0.2, 0.25) is 0 Å². The average molecular weight is 380 g/mol. The average Bonchev–Trinajstić information content (AvgIpc) is 2.74. The second-order valence-electron chi connectivity index (χ2n) is 5.64. The van der Waals surface area contributed by atoms with E-state index in [0.717, 1.165) is 5.69 Å². The first-order valence-electron chi connectivity index (χ1n) is 8.40. The monoisotopic (exact) mass is 380 g/mol. The normalized spacial score (nSPS) is 10.1. The van der Waals surface area contributed by atoms with Crippen molar-refractivity contribution < 1.29 is 19.0 Å². The van der Waals surface area contributed by atoms with Crippen molar-refractivity contribution in [3.8, 4) is 17.2 Å². The minimum atomic E-state index is -0.386. The summed E-state index contributed by atoms with van der Waals surface area (Å²) in [7, 11) is 4.67. The maximum atomic E-state index is 12.4. The van der Waals surface area contributed by atoms with Gasteiger partial charge in [-0.2, -0.15) is 0 Å². The Hall–Kier alpha value is -3.81. The first kappa shape index (κ1) is 19.0. The van der Waals surface area contributed by atoms with Gasteiger partial charge < -0.3 is 24.8 Å². The molecule has 1 amide bonds. The van der Waals surface area contributed by atoms with Gasteiger partial charge in [0.1, 0.15) is 17.3 Å². The van der Waals surface area contributed by atoms with Crippen LogP contribution in [0.3, 0.4) is 0 Å². The van der Waals surface area contributed by atoms with Gasteiger partial charge in [0.2, 0.25) is 0 Å². The summed E-state index contributed by atoms with van der Waals surface area (Å²) in [5.74, 6) is 1.88. The number of amides is 1. The van der Waals surface area contributed by atoms with E-state index in [1.807, 2.05) is 24.3 Å². The second-order valence-corrected chi connectivity index (χ2v) is 5.64. The zero-order chi connectivity index (χ0) is 19.9. The Morgan fingerprint density at radius 3 is 2.29 bits per heavy atom. The first-order valence-corrected chi connectivity index (χ1v) is 8.40. The molecule has 3 aromatic rings. The van der Waals surface area contributed by atoms with E-state index >= 15 is 0 Å². The molecule has 8 heteroatoms. The van der Waals surface area contributed by atoms with Crippen molar-refractivity contribution in [2.24, 2.45) is 0 Å². The zero-order valence-electron chi connectivity index (χ0n) is 15.7. The Morgan fingerprint density at radius 1 is 0.857 bits per heavy atom. The topological polar surface area (TPSA) is 94.6 Å². The van der Waals surface area contributed by atoms with Crippen LogP contribution in [0.15, 0.2) is 54.9 Å². The van der Waals surface area contributed by atoms with Crippen LogP contribution in [0, 0.1) is 0 Å². The van der Waals surface area contributed by atoms with Gasteiger partial charge in [-0.25, -0.2) is 9.97 Å². The van der Waals surface area contributed by atoms with E-state index in [2.05, 4.69) is 20.6 Å². The standard InChI is InChI=1S/C20H20N4O4/c1-26-16-7-5-4-6-14(16)24-19-12-21-15(11-22-19)20(25)23-13-8-9-17(27-2)18(10-13)28-3/h4-12H,1-3H3,(H,22,24)(H,23,25). The summed E-state index contributed by atoms with van der Waals surface area (Å²) in [6.45, 7) is 0. The number of carbonyl (C=O) groups excluding carboxylic acids is 1. The molecule has 0 unspecified atom stereocenters. The summed E-state index contributed by atoms with van der Waals surface area (Å²) in [6.07, 6.45) is 2.88. The van der Waals surface area contributed by atoms with Gasteiger partial charge in [-0.05, 0) is 24.3 Å². The largest absolute Gasteiger partial charge is 0.495 e. The Labute approximate surface area is 162 Å². The molecule has 8 nitrogen and oxygen atoms in total. The number of rotatable bonds is 7. The highest BCUT2D eigenvalue weighted by atomic mass is 16.5. The van der Waals surface area contributed by atoms with Crippen molar-refractivity contribution in [3.05, 3.63) is 60.6 Å². The van der Waals surface area contributed by atoms with E-state index in [-0.39, 0.29) is 11.6 Å². The van der Waals surface area contributed by atoms with Gasteiger partial charge in [0, 0.05) is 11.8 Å². The van der Waals surface area contributed by atoms with Crippen LogP contribution in [-0.4, -0.2) is 37.2 Å². The quantitative estimate of drug-likeness (QED) is 0.648. The predicted octanol–water partition coefficient (Wildman–Crippen LogP) is 3.50. The number of hydrogen-bond acceptors (Lipinski definition) is 7. The number of benzene rings is 2. The van der Waals surface area contributed by atoms with Gasteiger partial charge in [0.05, 0.1) is 39.4 Å².